The molecule has 53 heavy (non-hydrogen) atoms. The second kappa shape index (κ2) is 13.9. The van der Waals surface area contributed by atoms with E-state index >= 15 is 0 Å². The minimum absolute atomic E-state index is 0. The van der Waals surface area contributed by atoms with Crippen molar-refractivity contribution < 1.29 is 30.4 Å². The Labute approximate surface area is 326 Å². The van der Waals surface area contributed by atoms with Gasteiger partial charge in [-0.3, -0.25) is 4.57 Å². The zero-order chi connectivity index (χ0) is 36.3. The predicted octanol–water partition coefficient (Wildman–Crippen LogP) is 10.9. The van der Waals surface area contributed by atoms with Crippen LogP contribution in [0.25, 0.3) is 50.1 Å². The average molecular weight is 874 g/mol. The summed E-state index contributed by atoms with van der Waals surface area (Å²) in [5.41, 5.74) is 13.8. The maximum absolute atomic E-state index is 6.67. The number of imidazole rings is 1. The first kappa shape index (κ1) is 36.1. The van der Waals surface area contributed by atoms with Crippen LogP contribution in [0, 0.1) is 53.1 Å². The van der Waals surface area contributed by atoms with E-state index in [1.807, 2.05) is 35.2 Å². The van der Waals surface area contributed by atoms with Gasteiger partial charge < -0.3 is 13.9 Å². The number of ether oxygens (including phenoxy) is 1. The molecule has 8 aromatic rings. The topological polar surface area (TPSA) is 35.9 Å². The molecular weight excluding hydrogens is 832 g/mol. The molecule has 5 aromatic carbocycles. The first-order valence-corrected chi connectivity index (χ1v) is 17.8. The van der Waals surface area contributed by atoms with Crippen LogP contribution in [0.2, 0.25) is 0 Å². The minimum Gasteiger partial charge on any atom is -0.510 e. The predicted molar refractivity (Wildman–Crippen MR) is 210 cm³/mol. The molecule has 0 bridgehead atoms. The molecular formula is C47H42N4OPt-2. The summed E-state index contributed by atoms with van der Waals surface area (Å²) in [4.78, 5) is 4.84. The summed E-state index contributed by atoms with van der Waals surface area (Å²) < 4.78 is 12.9. The van der Waals surface area contributed by atoms with E-state index in [-0.39, 0.29) is 26.5 Å². The largest absolute Gasteiger partial charge is 0.510 e. The third-order valence-corrected chi connectivity index (χ3v) is 10.6. The van der Waals surface area contributed by atoms with Gasteiger partial charge in [-0.1, -0.05) is 74.8 Å². The van der Waals surface area contributed by atoms with Gasteiger partial charge in [0, 0.05) is 56.7 Å². The minimum atomic E-state index is -0.0160. The molecule has 0 N–H and O–H groups in total. The molecule has 0 aliphatic rings. The summed E-state index contributed by atoms with van der Waals surface area (Å²) in [6, 6.07) is 38.5. The molecule has 0 fully saturated rings. The maximum atomic E-state index is 6.67. The summed E-state index contributed by atoms with van der Waals surface area (Å²) in [5, 5.41) is 2.23. The van der Waals surface area contributed by atoms with Crippen molar-refractivity contribution in [1.29, 1.82) is 0 Å². The van der Waals surface area contributed by atoms with Crippen LogP contribution in [0.5, 0.6) is 11.5 Å². The number of benzene rings is 5. The van der Waals surface area contributed by atoms with Crippen molar-refractivity contribution in [3.63, 3.8) is 0 Å². The zero-order valence-electron chi connectivity index (χ0n) is 31.4. The van der Waals surface area contributed by atoms with Crippen LogP contribution in [0.1, 0.15) is 54.2 Å². The van der Waals surface area contributed by atoms with Crippen LogP contribution in [0.4, 0.5) is 0 Å². The Bertz CT molecular complexity index is 2610. The fourth-order valence-electron chi connectivity index (χ4n) is 7.22. The third kappa shape index (κ3) is 6.53. The van der Waals surface area contributed by atoms with Crippen molar-refractivity contribution >= 4 is 21.8 Å². The van der Waals surface area contributed by atoms with E-state index in [1.165, 1.54) is 33.4 Å². The van der Waals surface area contributed by atoms with E-state index in [1.54, 1.807) is 0 Å². The van der Waals surface area contributed by atoms with Crippen LogP contribution in [-0.4, -0.2) is 14.1 Å². The van der Waals surface area contributed by atoms with Gasteiger partial charge in [0.2, 0.25) is 0 Å². The molecule has 3 heterocycles. The maximum Gasteiger partial charge on any atom is 0.267 e. The first-order chi connectivity index (χ1) is 25.0. The Morgan fingerprint density at radius 3 is 2.11 bits per heavy atom. The Balaban J connectivity index is 0.00000435. The summed E-state index contributed by atoms with van der Waals surface area (Å²) in [5.74, 6) is 2.04. The molecule has 0 aliphatic carbocycles. The summed E-state index contributed by atoms with van der Waals surface area (Å²) in [6.07, 6.45) is 9.57. The Morgan fingerprint density at radius 1 is 0.679 bits per heavy atom. The third-order valence-electron chi connectivity index (χ3n) is 10.6. The van der Waals surface area contributed by atoms with Crippen LogP contribution >= 0.6 is 0 Å². The van der Waals surface area contributed by atoms with Gasteiger partial charge in [0.1, 0.15) is 5.82 Å². The van der Waals surface area contributed by atoms with Crippen LogP contribution < -0.4 is 9.30 Å². The second-order valence-electron chi connectivity index (χ2n) is 14.8. The normalized spacial score (nSPS) is 11.6. The number of fused-ring (bicyclic) bond motifs is 3. The van der Waals surface area contributed by atoms with Crippen molar-refractivity contribution in [1.82, 2.24) is 14.1 Å². The van der Waals surface area contributed by atoms with Crippen molar-refractivity contribution in [2.45, 2.75) is 60.8 Å². The number of hydrogen-bond donors (Lipinski definition) is 0. The van der Waals surface area contributed by atoms with E-state index in [4.69, 9.17) is 9.72 Å². The van der Waals surface area contributed by atoms with Crippen molar-refractivity contribution in [3.05, 3.63) is 161 Å². The fraction of sp³-hybridized carbons (Fsp3) is 0.191. The number of hydrogen-bond acceptors (Lipinski definition) is 2. The number of aromatic nitrogens is 4. The standard InChI is InChI=1S/C47H42N4O.Pt/c1-30-31(2)33(4)46(34(5)32(30)3)50-23-22-49(29-50)38-24-36(35-14-10-9-11-15-35)25-40(27-38)52-39-18-19-42-41-16-12-13-17-43(41)51(44(42)28-39)45-26-37(20-21-48-45)47(6,7)8;/h9-26H,1-8H3;/q-2;. The molecule has 3 aromatic heterocycles. The van der Waals surface area contributed by atoms with E-state index in [0.29, 0.717) is 11.5 Å². The van der Waals surface area contributed by atoms with Crippen LogP contribution in [-0.2, 0) is 26.5 Å². The van der Waals surface area contributed by atoms with Gasteiger partial charge in [-0.2, -0.15) is 12.1 Å². The molecule has 5 nitrogen and oxygen atoms in total. The van der Waals surface area contributed by atoms with Gasteiger partial charge in [-0.05, 0) is 108 Å². The molecule has 0 saturated carbocycles. The molecule has 6 heteroatoms. The van der Waals surface area contributed by atoms with E-state index in [0.717, 1.165) is 50.1 Å². The monoisotopic (exact) mass is 873 g/mol. The number of rotatable bonds is 6. The Morgan fingerprint density at radius 2 is 1.38 bits per heavy atom. The van der Waals surface area contributed by atoms with Crippen molar-refractivity contribution in [3.8, 4) is 39.8 Å². The fourth-order valence-corrected chi connectivity index (χ4v) is 7.22. The zero-order valence-corrected chi connectivity index (χ0v) is 33.7. The van der Waals surface area contributed by atoms with Crippen LogP contribution in [0.15, 0.2) is 110 Å². The van der Waals surface area contributed by atoms with Gasteiger partial charge in [0.25, 0.3) is 6.33 Å². The average Bonchev–Trinajstić information content (AvgIpc) is 3.76. The van der Waals surface area contributed by atoms with E-state index in [2.05, 4.69) is 162 Å². The molecule has 0 unspecified atom stereocenters. The molecule has 8 rings (SSSR count). The molecule has 268 valence electrons. The SMILES string of the molecule is Cc1c(C)c(C)c(-[n+]2[c-]n(-c3[c-]c(Oc4[c-]c5c(cc4)c4ccccc4n5-c4cc(C(C)(C)C)ccn4)cc(-c4ccccc4)c3)cc2)c(C)c1C.[Pt]. The second-order valence-corrected chi connectivity index (χ2v) is 14.8. The smallest absolute Gasteiger partial charge is 0.267 e. The van der Waals surface area contributed by atoms with E-state index in [9.17, 15) is 0 Å². The van der Waals surface area contributed by atoms with Crippen LogP contribution in [0.3, 0.4) is 0 Å². The molecule has 0 radical (unpaired) electrons. The number of para-hydroxylation sites is 1. The molecule has 0 atom stereocenters. The molecule has 0 saturated heterocycles. The number of nitrogens with zero attached hydrogens (tertiary/aromatic N) is 4. The van der Waals surface area contributed by atoms with Gasteiger partial charge in [0.05, 0.1) is 5.69 Å². The summed E-state index contributed by atoms with van der Waals surface area (Å²) in [6.45, 7) is 17.7. The van der Waals surface area contributed by atoms with Gasteiger partial charge >= 0.3 is 0 Å². The summed E-state index contributed by atoms with van der Waals surface area (Å²) >= 11 is 0. The Hall–Kier alpha value is -5.25. The number of pyridine rings is 1. The molecule has 0 amide bonds. The van der Waals surface area contributed by atoms with Crippen molar-refractivity contribution in [2.24, 2.45) is 0 Å². The van der Waals surface area contributed by atoms with Gasteiger partial charge in [0.15, 0.2) is 0 Å². The summed E-state index contributed by atoms with van der Waals surface area (Å²) in [7, 11) is 0. The first-order valence-electron chi connectivity index (χ1n) is 17.8. The van der Waals surface area contributed by atoms with Gasteiger partial charge in [-0.25, -0.2) is 4.98 Å². The quantitative estimate of drug-likeness (QED) is 0.123. The van der Waals surface area contributed by atoms with Gasteiger partial charge in [-0.15, -0.1) is 35.2 Å². The molecule has 0 spiro atoms. The molecule has 0 aliphatic heterocycles. The van der Waals surface area contributed by atoms with Crippen molar-refractivity contribution in [2.75, 3.05) is 0 Å². The Kier molecular flexibility index (Phi) is 9.51. The van der Waals surface area contributed by atoms with E-state index < -0.39 is 0 Å².